The lowest BCUT2D eigenvalue weighted by Crippen LogP contribution is -2.31. The average Bonchev–Trinajstić information content (AvgIpc) is 2.20. The second-order valence-corrected chi connectivity index (χ2v) is 11.9. The molecule has 0 amide bonds. The third-order valence-corrected chi connectivity index (χ3v) is 7.65. The Morgan fingerprint density at radius 1 is 0.850 bits per heavy atom. The molecule has 0 aliphatic heterocycles. The van der Waals surface area contributed by atoms with Crippen molar-refractivity contribution in [1.29, 1.82) is 0 Å². The largest absolute Gasteiger partial charge is 0.376 e. The Hall–Kier alpha value is 0.0300. The Kier molecular flexibility index (Phi) is 5.45. The lowest BCUT2D eigenvalue weighted by atomic mass is 10.2. The van der Waals surface area contributed by atoms with Gasteiger partial charge in [0.05, 0.1) is 15.7 Å². The molecule has 20 heavy (non-hydrogen) atoms. The Morgan fingerprint density at radius 3 is 1.65 bits per heavy atom. The molecular weight excluding hydrogens is 308 g/mol. The summed E-state index contributed by atoms with van der Waals surface area (Å²) in [7, 11) is 3.52. The van der Waals surface area contributed by atoms with E-state index in [-0.39, 0.29) is 10.3 Å². The Bertz CT molecular complexity index is 470. The molecule has 0 atom stereocenters. The van der Waals surface area contributed by atoms with Gasteiger partial charge in [0.2, 0.25) is 0 Å². The first-order valence-electron chi connectivity index (χ1n) is 6.83. The first-order chi connectivity index (χ1) is 8.87. The zero-order valence-electron chi connectivity index (χ0n) is 13.8. The maximum absolute atomic E-state index is 6.61. The van der Waals surface area contributed by atoms with Crippen LogP contribution in [0, 0.1) is 0 Å². The predicted molar refractivity (Wildman–Crippen MR) is 96.8 cm³/mol. The fourth-order valence-electron chi connectivity index (χ4n) is 2.78. The van der Waals surface area contributed by atoms with Crippen LogP contribution in [0.4, 0.5) is 5.69 Å². The van der Waals surface area contributed by atoms with Crippen LogP contribution in [0.2, 0.25) is 10.0 Å². The molecule has 4 heteroatoms. The van der Waals surface area contributed by atoms with Gasteiger partial charge in [-0.15, -0.1) is 0 Å². The molecule has 1 aromatic carbocycles. The van der Waals surface area contributed by atoms with E-state index in [9.17, 15) is 0 Å². The van der Waals surface area contributed by atoms with Crippen LogP contribution in [-0.2, 0) is 0 Å². The van der Waals surface area contributed by atoms with Gasteiger partial charge in [0, 0.05) is 14.1 Å². The lowest BCUT2D eigenvalue weighted by molar-refractivity contribution is 0.715. The van der Waals surface area contributed by atoms with E-state index >= 15 is 0 Å². The van der Waals surface area contributed by atoms with Crippen molar-refractivity contribution in [3.8, 4) is 0 Å². The molecule has 0 radical (unpaired) electrons. The SMILES string of the molecule is CN(C)c1ccc(P(C(C)(C)C)C(C)(C)C)c(Cl)c1Cl. The molecule has 0 bridgehead atoms. The van der Waals surface area contributed by atoms with Crippen molar-refractivity contribution in [3.63, 3.8) is 0 Å². The average molecular weight is 334 g/mol. The van der Waals surface area contributed by atoms with Crippen LogP contribution in [0.25, 0.3) is 0 Å². The van der Waals surface area contributed by atoms with Gasteiger partial charge in [-0.2, -0.15) is 0 Å². The minimum atomic E-state index is -0.441. The minimum Gasteiger partial charge on any atom is -0.376 e. The maximum Gasteiger partial charge on any atom is 0.0831 e. The smallest absolute Gasteiger partial charge is 0.0831 e. The van der Waals surface area contributed by atoms with E-state index in [4.69, 9.17) is 23.2 Å². The van der Waals surface area contributed by atoms with Gasteiger partial charge >= 0.3 is 0 Å². The molecule has 0 aromatic heterocycles. The lowest BCUT2D eigenvalue weighted by Gasteiger charge is -2.42. The van der Waals surface area contributed by atoms with Crippen LogP contribution in [0.15, 0.2) is 12.1 Å². The number of benzene rings is 1. The van der Waals surface area contributed by atoms with E-state index in [1.807, 2.05) is 19.0 Å². The van der Waals surface area contributed by atoms with Crippen LogP contribution in [0.5, 0.6) is 0 Å². The molecule has 0 fully saturated rings. The van der Waals surface area contributed by atoms with Crippen LogP contribution >= 0.6 is 31.1 Å². The molecule has 0 aliphatic rings. The highest BCUT2D eigenvalue weighted by Gasteiger charge is 2.37. The molecule has 0 heterocycles. The van der Waals surface area contributed by atoms with Crippen LogP contribution in [-0.4, -0.2) is 24.4 Å². The molecule has 0 saturated heterocycles. The second kappa shape index (κ2) is 6.03. The number of nitrogens with zero attached hydrogens (tertiary/aromatic N) is 1. The topological polar surface area (TPSA) is 3.24 Å². The van der Waals surface area contributed by atoms with Crippen molar-refractivity contribution in [2.24, 2.45) is 0 Å². The fraction of sp³-hybridized carbons (Fsp3) is 0.625. The third-order valence-electron chi connectivity index (χ3n) is 3.11. The molecule has 0 N–H and O–H groups in total. The first kappa shape index (κ1) is 18.1. The monoisotopic (exact) mass is 333 g/mol. The van der Waals surface area contributed by atoms with Crippen LogP contribution in [0.1, 0.15) is 41.5 Å². The normalized spacial score (nSPS) is 12.9. The maximum atomic E-state index is 6.61. The summed E-state index contributed by atoms with van der Waals surface area (Å²) >= 11 is 13.1. The van der Waals surface area contributed by atoms with Crippen molar-refractivity contribution < 1.29 is 0 Å². The molecule has 0 saturated carbocycles. The number of halogens is 2. The first-order valence-corrected chi connectivity index (χ1v) is 8.93. The number of hydrogen-bond donors (Lipinski definition) is 0. The summed E-state index contributed by atoms with van der Waals surface area (Å²) in [6, 6.07) is 4.24. The fourth-order valence-corrected chi connectivity index (χ4v) is 7.58. The Morgan fingerprint density at radius 2 is 1.30 bits per heavy atom. The van der Waals surface area contributed by atoms with Gasteiger partial charge in [-0.3, -0.25) is 0 Å². The zero-order chi connectivity index (χ0) is 15.9. The van der Waals surface area contributed by atoms with Gasteiger partial charge in [-0.05, 0) is 21.7 Å². The Balaban J connectivity index is 3.49. The van der Waals surface area contributed by atoms with Crippen LogP contribution < -0.4 is 10.2 Å². The molecular formula is C16H26Cl2NP. The summed E-state index contributed by atoms with van der Waals surface area (Å²) in [6.45, 7) is 13.7. The van der Waals surface area contributed by atoms with Crippen molar-refractivity contribution in [2.45, 2.75) is 51.9 Å². The number of anilines is 1. The standard InChI is InChI=1S/C16H26Cl2NP/c1-15(2,3)20(16(4,5)6)12-10-9-11(19(7)8)13(17)14(12)18/h9-10H,1-8H3. The highest BCUT2D eigenvalue weighted by atomic mass is 35.5. The summed E-state index contributed by atoms with van der Waals surface area (Å²) in [5, 5.41) is 2.95. The summed E-state index contributed by atoms with van der Waals surface area (Å²) < 4.78 is 0. The second-order valence-electron chi connectivity index (χ2n) is 7.30. The van der Waals surface area contributed by atoms with E-state index in [2.05, 4.69) is 53.7 Å². The van der Waals surface area contributed by atoms with Crippen molar-refractivity contribution in [3.05, 3.63) is 22.2 Å². The quantitative estimate of drug-likeness (QED) is 0.621. The number of hydrogen-bond acceptors (Lipinski definition) is 1. The van der Waals surface area contributed by atoms with Gasteiger partial charge in [-0.1, -0.05) is 78.7 Å². The van der Waals surface area contributed by atoms with Crippen molar-refractivity contribution >= 4 is 42.1 Å². The molecule has 1 rings (SSSR count). The zero-order valence-corrected chi connectivity index (χ0v) is 16.2. The van der Waals surface area contributed by atoms with Crippen LogP contribution in [0.3, 0.4) is 0 Å². The summed E-state index contributed by atoms with van der Waals surface area (Å²) in [4.78, 5) is 1.99. The van der Waals surface area contributed by atoms with E-state index in [0.29, 0.717) is 10.0 Å². The van der Waals surface area contributed by atoms with Crippen molar-refractivity contribution in [1.82, 2.24) is 0 Å². The molecule has 0 aliphatic carbocycles. The van der Waals surface area contributed by atoms with Gasteiger partial charge in [0.15, 0.2) is 0 Å². The molecule has 1 nitrogen and oxygen atoms in total. The highest BCUT2D eigenvalue weighted by Crippen LogP contribution is 2.59. The van der Waals surface area contributed by atoms with Gasteiger partial charge in [-0.25, -0.2) is 0 Å². The summed E-state index contributed by atoms with van der Waals surface area (Å²) in [5.74, 6) is 0. The van der Waals surface area contributed by atoms with Gasteiger partial charge in [0.25, 0.3) is 0 Å². The molecule has 1 aromatic rings. The van der Waals surface area contributed by atoms with Crippen molar-refractivity contribution in [2.75, 3.05) is 19.0 Å². The Labute approximate surface area is 135 Å². The van der Waals surface area contributed by atoms with E-state index in [0.717, 1.165) is 5.69 Å². The van der Waals surface area contributed by atoms with E-state index in [1.54, 1.807) is 0 Å². The molecule has 0 spiro atoms. The minimum absolute atomic E-state index is 0.181. The van der Waals surface area contributed by atoms with E-state index < -0.39 is 7.92 Å². The summed E-state index contributed by atoms with van der Waals surface area (Å²) in [5.41, 5.74) is 0.971. The predicted octanol–water partition coefficient (Wildman–Crippen LogP) is 5.76. The van der Waals surface area contributed by atoms with E-state index in [1.165, 1.54) is 5.30 Å². The summed E-state index contributed by atoms with van der Waals surface area (Å²) in [6.07, 6.45) is 0. The molecule has 114 valence electrons. The van der Waals surface area contributed by atoms with Gasteiger partial charge in [0.1, 0.15) is 0 Å². The van der Waals surface area contributed by atoms with Gasteiger partial charge < -0.3 is 4.90 Å². The third kappa shape index (κ3) is 3.81. The molecule has 0 unspecified atom stereocenters. The number of rotatable bonds is 2. The highest BCUT2D eigenvalue weighted by molar-refractivity contribution is 7.68.